The van der Waals surface area contributed by atoms with Crippen LogP contribution < -0.4 is 16.0 Å². The molecule has 1 heterocycles. The Kier molecular flexibility index (Phi) is 13.5. The maximum Gasteiger partial charge on any atom is 0.227 e. The first kappa shape index (κ1) is 26.8. The molecule has 1 aromatic heterocycles. The summed E-state index contributed by atoms with van der Waals surface area (Å²) in [6.45, 7) is 8.50. The number of pyridine rings is 1. The summed E-state index contributed by atoms with van der Waals surface area (Å²) in [4.78, 5) is 20.9. The lowest BCUT2D eigenvalue weighted by Crippen LogP contribution is -2.38. The summed E-state index contributed by atoms with van der Waals surface area (Å²) >= 11 is 0. The predicted octanol–water partition coefficient (Wildman–Crippen LogP) is 4.06. The van der Waals surface area contributed by atoms with E-state index in [0.29, 0.717) is 37.9 Å². The van der Waals surface area contributed by atoms with Gasteiger partial charge in [0.15, 0.2) is 5.96 Å². The maximum absolute atomic E-state index is 12.1. The van der Waals surface area contributed by atoms with Crippen LogP contribution in [0.4, 0.5) is 5.82 Å². The highest BCUT2D eigenvalue weighted by Crippen LogP contribution is 2.15. The Morgan fingerprint density at radius 2 is 1.90 bits per heavy atom. The quantitative estimate of drug-likeness (QED) is 0.174. The van der Waals surface area contributed by atoms with Crippen molar-refractivity contribution in [3.05, 3.63) is 59.8 Å². The molecule has 7 nitrogen and oxygen atoms in total. The number of hydrogen-bond donors (Lipinski definition) is 3. The van der Waals surface area contributed by atoms with Crippen LogP contribution in [0.5, 0.6) is 0 Å². The number of nitrogens with zero attached hydrogens (tertiary/aromatic N) is 2. The zero-order chi connectivity index (χ0) is 21.6. The molecule has 0 radical (unpaired) electrons. The lowest BCUT2D eigenvalue weighted by atomic mass is 10.1. The first-order valence-corrected chi connectivity index (χ1v) is 10.5. The number of rotatable bonds is 11. The number of aliphatic imine (C=N–C) groups is 1. The van der Waals surface area contributed by atoms with Crippen molar-refractivity contribution in [3.63, 3.8) is 0 Å². The highest BCUT2D eigenvalue weighted by molar-refractivity contribution is 14.0. The van der Waals surface area contributed by atoms with Gasteiger partial charge in [-0.1, -0.05) is 36.4 Å². The molecule has 0 spiro atoms. The van der Waals surface area contributed by atoms with E-state index in [-0.39, 0.29) is 36.0 Å². The van der Waals surface area contributed by atoms with E-state index in [1.54, 1.807) is 6.07 Å². The topological polar surface area (TPSA) is 87.6 Å². The summed E-state index contributed by atoms with van der Waals surface area (Å²) in [6, 6.07) is 15.7. The van der Waals surface area contributed by atoms with E-state index in [9.17, 15) is 4.79 Å². The predicted molar refractivity (Wildman–Crippen MR) is 137 cm³/mol. The standard InChI is InChI=1S/C23H33N5O2.HI/c1-4-24-23(25-15-9-17-30-19(3)20-11-6-5-7-12-20)26-16-14-22(29)28-21-13-8-10-18(2)27-21;/h5-8,10-13,19H,4,9,14-17H2,1-3H3,(H2,24,25,26)(H,27,28,29);1H. The minimum Gasteiger partial charge on any atom is -0.374 e. The molecule has 0 aliphatic heterocycles. The number of carbonyl (C=O) groups is 1. The average Bonchev–Trinajstić information content (AvgIpc) is 2.74. The van der Waals surface area contributed by atoms with Gasteiger partial charge in [0, 0.05) is 38.4 Å². The van der Waals surface area contributed by atoms with Gasteiger partial charge in [0.1, 0.15) is 5.82 Å². The van der Waals surface area contributed by atoms with Crippen LogP contribution in [-0.4, -0.2) is 43.1 Å². The Hall–Kier alpha value is -2.20. The molecule has 8 heteroatoms. The van der Waals surface area contributed by atoms with E-state index in [1.165, 1.54) is 5.56 Å². The highest BCUT2D eigenvalue weighted by atomic mass is 127. The Labute approximate surface area is 202 Å². The summed E-state index contributed by atoms with van der Waals surface area (Å²) in [7, 11) is 0. The molecular weight excluding hydrogens is 505 g/mol. The lowest BCUT2D eigenvalue weighted by molar-refractivity contribution is -0.116. The molecule has 0 aliphatic rings. The third-order valence-corrected chi connectivity index (χ3v) is 4.35. The SMILES string of the molecule is CCNC(=NCCCOC(C)c1ccccc1)NCCC(=O)Nc1cccc(C)n1.I. The van der Waals surface area contributed by atoms with Gasteiger partial charge in [-0.3, -0.25) is 9.79 Å². The monoisotopic (exact) mass is 539 g/mol. The molecule has 3 N–H and O–H groups in total. The van der Waals surface area contributed by atoms with Gasteiger partial charge in [-0.15, -0.1) is 24.0 Å². The van der Waals surface area contributed by atoms with Crippen molar-refractivity contribution in [1.29, 1.82) is 0 Å². The molecule has 2 aromatic rings. The molecule has 1 amide bonds. The fraction of sp³-hybridized carbons (Fsp3) is 0.435. The lowest BCUT2D eigenvalue weighted by Gasteiger charge is -2.13. The number of hydrogen-bond acceptors (Lipinski definition) is 4. The third-order valence-electron chi connectivity index (χ3n) is 4.35. The summed E-state index contributed by atoms with van der Waals surface area (Å²) < 4.78 is 5.88. The van der Waals surface area contributed by atoms with Crippen LogP contribution in [0.2, 0.25) is 0 Å². The minimum absolute atomic E-state index is 0. The normalized spacial score (nSPS) is 11.9. The minimum atomic E-state index is -0.0836. The van der Waals surface area contributed by atoms with Gasteiger partial charge in [-0.05, 0) is 44.9 Å². The molecular formula is C23H34IN5O2. The number of nitrogens with one attached hydrogen (secondary N) is 3. The van der Waals surface area contributed by atoms with Gasteiger partial charge < -0.3 is 20.7 Å². The van der Waals surface area contributed by atoms with E-state index in [0.717, 1.165) is 18.7 Å². The van der Waals surface area contributed by atoms with E-state index in [2.05, 4.69) is 45.0 Å². The van der Waals surface area contributed by atoms with Crippen molar-refractivity contribution in [2.75, 3.05) is 31.6 Å². The number of amides is 1. The summed E-state index contributed by atoms with van der Waals surface area (Å²) in [5.41, 5.74) is 2.05. The maximum atomic E-state index is 12.1. The third kappa shape index (κ3) is 11.1. The molecule has 31 heavy (non-hydrogen) atoms. The Morgan fingerprint density at radius 1 is 1.13 bits per heavy atom. The van der Waals surface area contributed by atoms with Crippen molar-refractivity contribution in [3.8, 4) is 0 Å². The van der Waals surface area contributed by atoms with Crippen molar-refractivity contribution in [2.45, 2.75) is 39.7 Å². The summed E-state index contributed by atoms with van der Waals surface area (Å²) in [5.74, 6) is 1.19. The smallest absolute Gasteiger partial charge is 0.227 e. The largest absolute Gasteiger partial charge is 0.374 e. The van der Waals surface area contributed by atoms with Crippen LogP contribution in [0.15, 0.2) is 53.5 Å². The molecule has 170 valence electrons. The fourth-order valence-electron chi connectivity index (χ4n) is 2.79. The molecule has 0 bridgehead atoms. The van der Waals surface area contributed by atoms with Gasteiger partial charge in [0.2, 0.25) is 5.91 Å². The van der Waals surface area contributed by atoms with E-state index < -0.39 is 0 Å². The van der Waals surface area contributed by atoms with Crippen LogP contribution >= 0.6 is 24.0 Å². The first-order valence-electron chi connectivity index (χ1n) is 10.5. The summed E-state index contributed by atoms with van der Waals surface area (Å²) in [6.07, 6.45) is 1.23. The van der Waals surface area contributed by atoms with Crippen LogP contribution in [0.25, 0.3) is 0 Å². The van der Waals surface area contributed by atoms with E-state index in [4.69, 9.17) is 4.74 Å². The van der Waals surface area contributed by atoms with Gasteiger partial charge in [-0.2, -0.15) is 0 Å². The Balaban J connectivity index is 0.00000480. The van der Waals surface area contributed by atoms with E-state index >= 15 is 0 Å². The molecule has 1 atom stereocenters. The number of carbonyl (C=O) groups excluding carboxylic acids is 1. The number of halogens is 1. The highest BCUT2D eigenvalue weighted by Gasteiger charge is 2.06. The van der Waals surface area contributed by atoms with E-state index in [1.807, 2.05) is 44.2 Å². The average molecular weight is 539 g/mol. The molecule has 0 fully saturated rings. The molecule has 1 aromatic carbocycles. The molecule has 1 unspecified atom stereocenters. The van der Waals surface area contributed by atoms with Crippen molar-refractivity contribution in [1.82, 2.24) is 15.6 Å². The van der Waals surface area contributed by atoms with Crippen molar-refractivity contribution >= 4 is 41.7 Å². The second-order valence-corrected chi connectivity index (χ2v) is 6.93. The van der Waals surface area contributed by atoms with Crippen LogP contribution in [0.3, 0.4) is 0 Å². The molecule has 0 aliphatic carbocycles. The Bertz CT molecular complexity index is 802. The number of benzene rings is 1. The molecule has 2 rings (SSSR count). The molecule has 0 saturated carbocycles. The first-order chi connectivity index (χ1) is 14.6. The second kappa shape index (κ2) is 15.6. The van der Waals surface area contributed by atoms with Gasteiger partial charge >= 0.3 is 0 Å². The zero-order valence-electron chi connectivity index (χ0n) is 18.6. The number of aromatic nitrogens is 1. The van der Waals surface area contributed by atoms with Crippen LogP contribution in [0.1, 0.15) is 44.1 Å². The number of ether oxygens (including phenoxy) is 1. The van der Waals surface area contributed by atoms with Crippen molar-refractivity contribution in [2.24, 2.45) is 4.99 Å². The van der Waals surface area contributed by atoms with Gasteiger partial charge in [-0.25, -0.2) is 4.98 Å². The van der Waals surface area contributed by atoms with Crippen LogP contribution in [-0.2, 0) is 9.53 Å². The van der Waals surface area contributed by atoms with Gasteiger partial charge in [0.05, 0.1) is 6.10 Å². The second-order valence-electron chi connectivity index (χ2n) is 6.93. The fourth-order valence-corrected chi connectivity index (χ4v) is 2.79. The number of guanidine groups is 1. The zero-order valence-corrected chi connectivity index (χ0v) is 20.9. The molecule has 0 saturated heterocycles. The number of anilines is 1. The summed E-state index contributed by atoms with van der Waals surface area (Å²) in [5, 5.41) is 9.19. The number of aryl methyl sites for hydroxylation is 1. The van der Waals surface area contributed by atoms with Gasteiger partial charge in [0.25, 0.3) is 0 Å². The van der Waals surface area contributed by atoms with Crippen LogP contribution in [0, 0.1) is 6.92 Å². The van der Waals surface area contributed by atoms with Crippen molar-refractivity contribution < 1.29 is 9.53 Å². The Morgan fingerprint density at radius 3 is 2.61 bits per heavy atom.